The Morgan fingerprint density at radius 3 is 2.62 bits per heavy atom. The largest absolute Gasteiger partial charge is 0.493 e. The van der Waals surface area contributed by atoms with Crippen molar-refractivity contribution < 1.29 is 22.3 Å². The zero-order chi connectivity index (χ0) is 21.1. The standard InChI is InChI=1S/C21H25FN2O4S/c1-16-12-17(22)8-9-19(16)29(26,27)24-11-5-10-21(14-24,13-20(23)25)15-28-18-6-3-2-4-7-18/h2-4,6-9,12H,5,10-11,13-15H2,1H3,(H2,23,25). The van der Waals surface area contributed by atoms with Gasteiger partial charge in [-0.05, 0) is 55.7 Å². The van der Waals surface area contributed by atoms with Gasteiger partial charge in [-0.25, -0.2) is 12.8 Å². The van der Waals surface area contributed by atoms with Crippen LogP contribution < -0.4 is 10.5 Å². The van der Waals surface area contributed by atoms with Crippen LogP contribution in [-0.4, -0.2) is 38.3 Å². The van der Waals surface area contributed by atoms with Gasteiger partial charge in [0, 0.05) is 24.9 Å². The van der Waals surface area contributed by atoms with Gasteiger partial charge in [-0.15, -0.1) is 0 Å². The van der Waals surface area contributed by atoms with Crippen LogP contribution in [0, 0.1) is 18.2 Å². The van der Waals surface area contributed by atoms with E-state index in [2.05, 4.69) is 0 Å². The molecule has 0 saturated carbocycles. The number of nitrogens with two attached hydrogens (primary N) is 1. The highest BCUT2D eigenvalue weighted by Crippen LogP contribution is 2.37. The normalized spacial score (nSPS) is 20.3. The second-order valence-corrected chi connectivity index (χ2v) is 9.50. The Kier molecular flexibility index (Phi) is 6.24. The highest BCUT2D eigenvalue weighted by atomic mass is 32.2. The summed E-state index contributed by atoms with van der Waals surface area (Å²) in [5.41, 5.74) is 5.10. The van der Waals surface area contributed by atoms with Gasteiger partial charge in [0.15, 0.2) is 0 Å². The van der Waals surface area contributed by atoms with Gasteiger partial charge >= 0.3 is 0 Å². The van der Waals surface area contributed by atoms with Gasteiger partial charge in [-0.1, -0.05) is 18.2 Å². The molecule has 0 aromatic heterocycles. The fourth-order valence-corrected chi connectivity index (χ4v) is 5.64. The Bertz CT molecular complexity index is 981. The number of nitrogens with zero attached hydrogens (tertiary/aromatic N) is 1. The molecule has 1 aliphatic rings. The molecule has 6 nitrogen and oxygen atoms in total. The Morgan fingerprint density at radius 1 is 1.24 bits per heavy atom. The molecular weight excluding hydrogens is 395 g/mol. The van der Waals surface area contributed by atoms with Crippen LogP contribution in [0.3, 0.4) is 0 Å². The molecule has 1 aliphatic heterocycles. The third kappa shape index (κ3) is 4.94. The second kappa shape index (κ2) is 8.51. The number of ether oxygens (including phenoxy) is 1. The smallest absolute Gasteiger partial charge is 0.243 e. The van der Waals surface area contributed by atoms with Crippen LogP contribution in [0.4, 0.5) is 4.39 Å². The minimum atomic E-state index is -3.84. The molecule has 2 aromatic carbocycles. The van der Waals surface area contributed by atoms with E-state index in [-0.39, 0.29) is 24.5 Å². The lowest BCUT2D eigenvalue weighted by atomic mass is 9.78. The molecule has 156 valence electrons. The third-order valence-corrected chi connectivity index (χ3v) is 7.22. The Balaban J connectivity index is 1.86. The fraction of sp³-hybridized carbons (Fsp3) is 0.381. The van der Waals surface area contributed by atoms with E-state index in [1.165, 1.54) is 16.4 Å². The maximum atomic E-state index is 13.4. The molecule has 1 unspecified atom stereocenters. The summed E-state index contributed by atoms with van der Waals surface area (Å²) in [5, 5.41) is 0. The van der Waals surface area contributed by atoms with Crippen molar-refractivity contribution in [2.45, 2.75) is 31.1 Å². The Morgan fingerprint density at radius 2 is 1.97 bits per heavy atom. The number of rotatable bonds is 7. The third-order valence-electron chi connectivity index (χ3n) is 5.22. The maximum Gasteiger partial charge on any atom is 0.243 e. The van der Waals surface area contributed by atoms with Crippen molar-refractivity contribution in [2.75, 3.05) is 19.7 Å². The van der Waals surface area contributed by atoms with E-state index in [0.29, 0.717) is 30.7 Å². The molecule has 3 rings (SSSR count). The number of carbonyl (C=O) groups excluding carboxylic acids is 1. The first-order valence-corrected chi connectivity index (χ1v) is 10.9. The SMILES string of the molecule is Cc1cc(F)ccc1S(=O)(=O)N1CCCC(COc2ccccc2)(CC(N)=O)C1. The van der Waals surface area contributed by atoms with E-state index < -0.39 is 27.2 Å². The molecule has 0 bridgehead atoms. The topological polar surface area (TPSA) is 89.7 Å². The van der Waals surface area contributed by atoms with Gasteiger partial charge in [-0.2, -0.15) is 4.31 Å². The second-order valence-electron chi connectivity index (χ2n) is 7.60. The van der Waals surface area contributed by atoms with Crippen LogP contribution in [-0.2, 0) is 14.8 Å². The summed E-state index contributed by atoms with van der Waals surface area (Å²) < 4.78 is 47.1. The molecule has 2 N–H and O–H groups in total. The van der Waals surface area contributed by atoms with Gasteiger partial charge in [0.25, 0.3) is 0 Å². The molecule has 1 fully saturated rings. The lowest BCUT2D eigenvalue weighted by Crippen LogP contribution is -2.50. The van der Waals surface area contributed by atoms with Crippen molar-refractivity contribution in [1.29, 1.82) is 0 Å². The molecule has 1 atom stereocenters. The van der Waals surface area contributed by atoms with Crippen LogP contribution >= 0.6 is 0 Å². The van der Waals surface area contributed by atoms with Gasteiger partial charge < -0.3 is 10.5 Å². The van der Waals surface area contributed by atoms with Gasteiger partial charge in [0.1, 0.15) is 11.6 Å². The number of piperidine rings is 1. The van der Waals surface area contributed by atoms with Gasteiger partial charge in [0.2, 0.25) is 15.9 Å². The monoisotopic (exact) mass is 420 g/mol. The lowest BCUT2D eigenvalue weighted by Gasteiger charge is -2.41. The lowest BCUT2D eigenvalue weighted by molar-refractivity contribution is -0.121. The minimum absolute atomic E-state index is 0.0221. The van der Waals surface area contributed by atoms with Crippen molar-refractivity contribution in [2.24, 2.45) is 11.1 Å². The van der Waals surface area contributed by atoms with Gasteiger partial charge in [-0.3, -0.25) is 4.79 Å². The molecule has 0 spiro atoms. The summed E-state index contributed by atoms with van der Waals surface area (Å²) >= 11 is 0. The molecule has 1 amide bonds. The predicted octanol–water partition coefficient (Wildman–Crippen LogP) is 2.86. The number of hydrogen-bond acceptors (Lipinski definition) is 4. The molecule has 29 heavy (non-hydrogen) atoms. The van der Waals surface area contributed by atoms with Crippen molar-refractivity contribution in [3.8, 4) is 5.75 Å². The molecule has 1 heterocycles. The number of para-hydroxylation sites is 1. The first-order chi connectivity index (χ1) is 13.7. The van der Waals surface area contributed by atoms with E-state index in [0.717, 1.165) is 6.07 Å². The van der Waals surface area contributed by atoms with Crippen molar-refractivity contribution in [3.05, 3.63) is 59.9 Å². The van der Waals surface area contributed by atoms with Crippen LogP contribution in [0.25, 0.3) is 0 Å². The number of benzene rings is 2. The maximum absolute atomic E-state index is 13.4. The number of primary amides is 1. The molecule has 0 radical (unpaired) electrons. The van der Waals surface area contributed by atoms with Crippen molar-refractivity contribution in [3.63, 3.8) is 0 Å². The van der Waals surface area contributed by atoms with E-state index in [1.54, 1.807) is 19.1 Å². The number of amides is 1. The predicted molar refractivity (Wildman–Crippen MR) is 107 cm³/mol. The van der Waals surface area contributed by atoms with Gasteiger partial charge in [0.05, 0.1) is 11.5 Å². The number of hydrogen-bond donors (Lipinski definition) is 1. The van der Waals surface area contributed by atoms with E-state index in [9.17, 15) is 17.6 Å². The van der Waals surface area contributed by atoms with E-state index in [1.807, 2.05) is 18.2 Å². The summed E-state index contributed by atoms with van der Waals surface area (Å²) in [5.74, 6) is -0.344. The first kappa shape index (κ1) is 21.3. The van der Waals surface area contributed by atoms with Crippen LogP contribution in [0.1, 0.15) is 24.8 Å². The van der Waals surface area contributed by atoms with E-state index >= 15 is 0 Å². The highest BCUT2D eigenvalue weighted by molar-refractivity contribution is 7.89. The number of carbonyl (C=O) groups is 1. The fourth-order valence-electron chi connectivity index (χ4n) is 3.84. The zero-order valence-corrected chi connectivity index (χ0v) is 17.1. The zero-order valence-electron chi connectivity index (χ0n) is 16.3. The van der Waals surface area contributed by atoms with Crippen LogP contribution in [0.15, 0.2) is 53.4 Å². The minimum Gasteiger partial charge on any atom is -0.493 e. The summed E-state index contributed by atoms with van der Waals surface area (Å²) in [7, 11) is -3.84. The molecule has 2 aromatic rings. The van der Waals surface area contributed by atoms with Crippen LogP contribution in [0.2, 0.25) is 0 Å². The highest BCUT2D eigenvalue weighted by Gasteiger charge is 2.42. The summed E-state index contributed by atoms with van der Waals surface area (Å²) in [6.45, 7) is 2.18. The summed E-state index contributed by atoms with van der Waals surface area (Å²) in [6.07, 6.45) is 1.22. The molecule has 1 saturated heterocycles. The van der Waals surface area contributed by atoms with Crippen LogP contribution in [0.5, 0.6) is 5.75 Å². The average Bonchev–Trinajstić information content (AvgIpc) is 2.67. The van der Waals surface area contributed by atoms with E-state index in [4.69, 9.17) is 10.5 Å². The first-order valence-electron chi connectivity index (χ1n) is 9.44. The molecule has 0 aliphatic carbocycles. The summed E-state index contributed by atoms with van der Waals surface area (Å²) in [6, 6.07) is 12.8. The van der Waals surface area contributed by atoms with Crippen molar-refractivity contribution in [1.82, 2.24) is 4.31 Å². The average molecular weight is 421 g/mol. The Hall–Kier alpha value is -2.45. The molecular formula is C21H25FN2O4S. The number of halogens is 1. The Labute approximate surface area is 170 Å². The van der Waals surface area contributed by atoms with Crippen molar-refractivity contribution >= 4 is 15.9 Å². The quantitative estimate of drug-likeness (QED) is 0.746. The number of aryl methyl sites for hydroxylation is 1. The molecule has 8 heteroatoms. The number of sulfonamides is 1. The summed E-state index contributed by atoms with van der Waals surface area (Å²) in [4.78, 5) is 11.8.